The minimum atomic E-state index is 0.386. The first-order valence-corrected chi connectivity index (χ1v) is 4.91. The molecular formula is C6H13NOSn. The summed E-state index contributed by atoms with van der Waals surface area (Å²) in [4.78, 5) is 0. The Morgan fingerprint density at radius 3 is 2.89 bits per heavy atom. The Hall–Kier alpha value is 0.719. The number of aliphatic hydroxyl groups excluding tert-OH is 1. The van der Waals surface area contributed by atoms with Gasteiger partial charge in [-0.25, -0.2) is 0 Å². The second kappa shape index (κ2) is 3.78. The van der Waals surface area contributed by atoms with Crippen LogP contribution in [0.1, 0.15) is 12.8 Å². The van der Waals surface area contributed by atoms with Crippen LogP contribution in [-0.2, 0) is 0 Å². The topological polar surface area (TPSA) is 23.5 Å². The monoisotopic (exact) mass is 235 g/mol. The van der Waals surface area contributed by atoms with E-state index >= 15 is 0 Å². The summed E-state index contributed by atoms with van der Waals surface area (Å²) in [6, 6.07) is 0. The van der Waals surface area contributed by atoms with Crippen LogP contribution in [0.5, 0.6) is 0 Å². The Balaban J connectivity index is 2.23. The summed E-state index contributed by atoms with van der Waals surface area (Å²) in [5.74, 6) is 0.578. The Morgan fingerprint density at radius 1 is 1.67 bits per heavy atom. The van der Waals surface area contributed by atoms with Crippen LogP contribution in [0.3, 0.4) is 0 Å². The fourth-order valence-electron chi connectivity index (χ4n) is 1.25. The van der Waals surface area contributed by atoms with Crippen LogP contribution in [0.25, 0.3) is 0 Å². The third-order valence-electron chi connectivity index (χ3n) is 1.81. The van der Waals surface area contributed by atoms with E-state index in [1.807, 2.05) is 0 Å². The first-order chi connectivity index (χ1) is 4.33. The number of rotatable bonds is 1. The molecule has 1 heterocycles. The predicted molar refractivity (Wildman–Crippen MR) is 38.5 cm³/mol. The van der Waals surface area contributed by atoms with Gasteiger partial charge < -0.3 is 0 Å². The molecule has 0 saturated carbocycles. The quantitative estimate of drug-likeness (QED) is 0.618. The fraction of sp³-hybridized carbons (Fsp3) is 1.00. The van der Waals surface area contributed by atoms with E-state index in [0.29, 0.717) is 12.5 Å². The maximum atomic E-state index is 8.80. The summed E-state index contributed by atoms with van der Waals surface area (Å²) in [6.45, 7) is 2.79. The first-order valence-electron chi connectivity index (χ1n) is 3.43. The molecule has 0 aromatic heterocycles. The summed E-state index contributed by atoms with van der Waals surface area (Å²) in [5.41, 5.74) is 0. The molecule has 9 heavy (non-hydrogen) atoms. The van der Waals surface area contributed by atoms with Gasteiger partial charge in [0.15, 0.2) is 0 Å². The summed E-state index contributed by atoms with van der Waals surface area (Å²) >= 11 is 1.23. The van der Waals surface area contributed by atoms with E-state index in [1.165, 1.54) is 42.2 Å². The van der Waals surface area contributed by atoms with Crippen molar-refractivity contribution in [1.82, 2.24) is 3.12 Å². The van der Waals surface area contributed by atoms with Crippen molar-refractivity contribution >= 4 is 22.8 Å². The maximum absolute atomic E-state index is 8.80. The molecule has 1 aliphatic rings. The van der Waals surface area contributed by atoms with Crippen molar-refractivity contribution in [3.8, 4) is 0 Å². The van der Waals surface area contributed by atoms with Crippen molar-refractivity contribution in [3.63, 3.8) is 0 Å². The Labute approximate surface area is 69.7 Å². The molecule has 0 amide bonds. The van der Waals surface area contributed by atoms with E-state index in [4.69, 9.17) is 5.11 Å². The van der Waals surface area contributed by atoms with E-state index in [0.717, 1.165) is 6.54 Å². The third kappa shape index (κ3) is 2.43. The van der Waals surface area contributed by atoms with Crippen molar-refractivity contribution in [2.24, 2.45) is 5.92 Å². The number of hydrogen-bond acceptors (Lipinski definition) is 2. The zero-order chi connectivity index (χ0) is 6.69. The molecule has 1 atom stereocenters. The zero-order valence-corrected chi connectivity index (χ0v) is 8.88. The Bertz CT molecular complexity index is 89.1. The van der Waals surface area contributed by atoms with Gasteiger partial charge in [-0.2, -0.15) is 0 Å². The van der Waals surface area contributed by atoms with E-state index in [1.54, 1.807) is 0 Å². The Kier molecular flexibility index (Phi) is 3.29. The molecule has 52 valence electrons. The number of piperidine rings is 1. The first kappa shape index (κ1) is 7.82. The minimum absolute atomic E-state index is 0.386. The average Bonchev–Trinajstić information content (AvgIpc) is 1.88. The van der Waals surface area contributed by atoms with Gasteiger partial charge in [0.05, 0.1) is 0 Å². The molecular weight excluding hydrogens is 221 g/mol. The van der Waals surface area contributed by atoms with Gasteiger partial charge in [-0.1, -0.05) is 0 Å². The van der Waals surface area contributed by atoms with Gasteiger partial charge in [-0.3, -0.25) is 0 Å². The molecule has 3 heteroatoms. The van der Waals surface area contributed by atoms with Gasteiger partial charge in [0.25, 0.3) is 0 Å². The van der Waals surface area contributed by atoms with Gasteiger partial charge >= 0.3 is 69.5 Å². The van der Waals surface area contributed by atoms with Gasteiger partial charge in [-0.05, 0) is 0 Å². The molecule has 0 spiro atoms. The van der Waals surface area contributed by atoms with E-state index < -0.39 is 0 Å². The number of hydrogen-bond donors (Lipinski definition) is 1. The molecule has 0 aromatic carbocycles. The van der Waals surface area contributed by atoms with Crippen molar-refractivity contribution < 1.29 is 5.11 Å². The average molecular weight is 234 g/mol. The van der Waals surface area contributed by atoms with Crippen LogP contribution >= 0.6 is 0 Å². The standard InChI is InChI=1S/C6H12NO.Sn.H/c8-5-6-2-1-3-7-4-6;;/h6,8H,1-5H2;;/q-1;+1;. The number of aliphatic hydroxyl groups is 1. The van der Waals surface area contributed by atoms with Gasteiger partial charge in [0, 0.05) is 0 Å². The van der Waals surface area contributed by atoms with Crippen LogP contribution in [0.4, 0.5) is 0 Å². The van der Waals surface area contributed by atoms with Crippen LogP contribution in [0.15, 0.2) is 0 Å². The Morgan fingerprint density at radius 2 is 2.44 bits per heavy atom. The molecule has 1 rings (SSSR count). The second-order valence-electron chi connectivity index (χ2n) is 2.69. The van der Waals surface area contributed by atoms with E-state index in [9.17, 15) is 0 Å². The summed E-state index contributed by atoms with van der Waals surface area (Å²) < 4.78 is 2.41. The molecule has 1 saturated heterocycles. The normalized spacial score (nSPS) is 30.7. The SMILES string of the molecule is OCC1CCC[N]([SnH])C1. The molecule has 2 radical (unpaired) electrons. The predicted octanol–water partition coefficient (Wildman–Crippen LogP) is -0.494. The van der Waals surface area contributed by atoms with Crippen LogP contribution in [0, 0.1) is 5.92 Å². The van der Waals surface area contributed by atoms with Crippen molar-refractivity contribution in [2.45, 2.75) is 12.8 Å². The fourth-order valence-corrected chi connectivity index (χ4v) is 2.62. The molecule has 0 bridgehead atoms. The molecule has 1 aliphatic heterocycles. The molecule has 1 N–H and O–H groups in total. The summed E-state index contributed by atoms with van der Waals surface area (Å²) in [7, 11) is 0. The van der Waals surface area contributed by atoms with Gasteiger partial charge in [0.1, 0.15) is 0 Å². The zero-order valence-electron chi connectivity index (χ0n) is 5.58. The van der Waals surface area contributed by atoms with Crippen LogP contribution < -0.4 is 0 Å². The second-order valence-corrected chi connectivity index (χ2v) is 4.77. The molecule has 0 aromatic rings. The van der Waals surface area contributed by atoms with Gasteiger partial charge in [-0.15, -0.1) is 0 Å². The molecule has 0 aliphatic carbocycles. The van der Waals surface area contributed by atoms with Crippen molar-refractivity contribution in [2.75, 3.05) is 19.7 Å². The van der Waals surface area contributed by atoms with E-state index in [-0.39, 0.29) is 0 Å². The van der Waals surface area contributed by atoms with Crippen molar-refractivity contribution in [3.05, 3.63) is 0 Å². The molecule has 2 nitrogen and oxygen atoms in total. The van der Waals surface area contributed by atoms with E-state index in [2.05, 4.69) is 3.12 Å². The van der Waals surface area contributed by atoms with Crippen LogP contribution in [0.2, 0.25) is 0 Å². The molecule has 1 unspecified atom stereocenters. The summed E-state index contributed by atoms with van der Waals surface area (Å²) in [6.07, 6.45) is 2.51. The number of nitrogens with zero attached hydrogens (tertiary/aromatic N) is 1. The summed E-state index contributed by atoms with van der Waals surface area (Å²) in [5, 5.41) is 8.80. The molecule has 1 fully saturated rings. The van der Waals surface area contributed by atoms with Gasteiger partial charge in [0.2, 0.25) is 0 Å². The van der Waals surface area contributed by atoms with Crippen molar-refractivity contribution in [1.29, 1.82) is 0 Å². The third-order valence-corrected chi connectivity index (χ3v) is 3.15. The van der Waals surface area contributed by atoms with Crippen LogP contribution in [-0.4, -0.2) is 50.7 Å².